The Bertz CT molecular complexity index is 1050. The molecule has 0 aliphatic carbocycles. The maximum absolute atomic E-state index is 14.4. The fourth-order valence-corrected chi connectivity index (χ4v) is 6.51. The van der Waals surface area contributed by atoms with E-state index >= 15 is 0 Å². The summed E-state index contributed by atoms with van der Waals surface area (Å²) in [5, 5.41) is -0.637. The van der Waals surface area contributed by atoms with E-state index in [4.69, 9.17) is 9.16 Å². The second-order valence-corrected chi connectivity index (χ2v) is 17.4. The lowest BCUT2D eigenvalue weighted by molar-refractivity contribution is 0.0145. The maximum atomic E-state index is 14.4. The molecule has 4 nitrogen and oxygen atoms in total. The van der Waals surface area contributed by atoms with Crippen LogP contribution < -0.4 is 4.43 Å². The number of ether oxygens (including phenoxy) is 1. The quantitative estimate of drug-likeness (QED) is 0.406. The normalized spacial score (nSPS) is 20.5. The van der Waals surface area contributed by atoms with E-state index in [1.807, 2.05) is 6.07 Å². The van der Waals surface area contributed by atoms with Gasteiger partial charge in [-0.05, 0) is 61.3 Å². The summed E-state index contributed by atoms with van der Waals surface area (Å²) in [6.45, 7) is 11.0. The summed E-state index contributed by atoms with van der Waals surface area (Å²) in [5.74, 6) is 0.178. The number of benzene rings is 2. The first-order chi connectivity index (χ1) is 14.3. The standard InChI is InChI=1S/C23H30BrFO4SSi/c1-23(2,3)31(4,5)29-17-7-6-8-18(14-17)30(26,27)19-11-12-28-22(15-19)20-10-9-16(24)13-21(20)25/h6-10,13-14,19,22H,11-12,15H2,1-5H3. The average Bonchev–Trinajstić information content (AvgIpc) is 2.67. The van der Waals surface area contributed by atoms with Crippen molar-refractivity contribution in [1.29, 1.82) is 0 Å². The lowest BCUT2D eigenvalue weighted by atomic mass is 10.0. The van der Waals surface area contributed by atoms with Gasteiger partial charge in [0.15, 0.2) is 9.84 Å². The third-order valence-electron chi connectivity index (χ3n) is 6.30. The van der Waals surface area contributed by atoms with E-state index in [2.05, 4.69) is 49.8 Å². The van der Waals surface area contributed by atoms with Gasteiger partial charge in [-0.15, -0.1) is 0 Å². The van der Waals surface area contributed by atoms with Gasteiger partial charge in [0.2, 0.25) is 8.32 Å². The molecule has 1 heterocycles. The zero-order chi connectivity index (χ0) is 23.0. The van der Waals surface area contributed by atoms with Gasteiger partial charge < -0.3 is 9.16 Å². The number of hydrogen-bond acceptors (Lipinski definition) is 4. The molecular weight excluding hydrogens is 499 g/mol. The van der Waals surface area contributed by atoms with E-state index in [9.17, 15) is 12.8 Å². The minimum absolute atomic E-state index is 0.00452. The summed E-state index contributed by atoms with van der Waals surface area (Å²) in [7, 11) is -5.71. The van der Waals surface area contributed by atoms with Crippen LogP contribution in [0.4, 0.5) is 4.39 Å². The van der Waals surface area contributed by atoms with Crippen LogP contribution in [0.2, 0.25) is 18.1 Å². The van der Waals surface area contributed by atoms with Gasteiger partial charge in [-0.1, -0.05) is 48.8 Å². The van der Waals surface area contributed by atoms with Gasteiger partial charge in [-0.25, -0.2) is 12.8 Å². The summed E-state index contributed by atoms with van der Waals surface area (Å²) >= 11 is 3.25. The summed E-state index contributed by atoms with van der Waals surface area (Å²) < 4.78 is 53.9. The first-order valence-electron chi connectivity index (χ1n) is 10.4. The molecule has 3 rings (SSSR count). The Labute approximate surface area is 194 Å². The fraction of sp³-hybridized carbons (Fsp3) is 0.478. The SMILES string of the molecule is CC(C)(C)[Si](C)(C)Oc1cccc(S(=O)(=O)C2CCOC(c3ccc(Br)cc3F)C2)c1. The monoisotopic (exact) mass is 528 g/mol. The van der Waals surface area contributed by atoms with E-state index < -0.39 is 35.3 Å². The predicted molar refractivity (Wildman–Crippen MR) is 127 cm³/mol. The Morgan fingerprint density at radius 2 is 1.87 bits per heavy atom. The molecule has 0 spiro atoms. The highest BCUT2D eigenvalue weighted by molar-refractivity contribution is 9.10. The van der Waals surface area contributed by atoms with Gasteiger partial charge in [-0.3, -0.25) is 0 Å². The smallest absolute Gasteiger partial charge is 0.250 e. The van der Waals surface area contributed by atoms with E-state index in [1.165, 1.54) is 6.07 Å². The zero-order valence-corrected chi connectivity index (χ0v) is 22.0. The average molecular weight is 530 g/mol. The first kappa shape index (κ1) is 24.4. The second-order valence-electron chi connectivity index (χ2n) is 9.55. The van der Waals surface area contributed by atoms with Crippen LogP contribution in [0.25, 0.3) is 0 Å². The molecule has 0 aromatic heterocycles. The Morgan fingerprint density at radius 3 is 2.52 bits per heavy atom. The lowest BCUT2D eigenvalue weighted by Crippen LogP contribution is -2.43. The zero-order valence-electron chi connectivity index (χ0n) is 18.6. The van der Waals surface area contributed by atoms with Gasteiger partial charge in [-0.2, -0.15) is 0 Å². The van der Waals surface area contributed by atoms with E-state index in [1.54, 1.807) is 30.3 Å². The molecule has 2 atom stereocenters. The molecule has 0 bridgehead atoms. The van der Waals surface area contributed by atoms with Crippen LogP contribution in [-0.4, -0.2) is 28.6 Å². The number of sulfone groups is 1. The van der Waals surface area contributed by atoms with Crippen molar-refractivity contribution >= 4 is 34.1 Å². The summed E-state index contributed by atoms with van der Waals surface area (Å²) in [4.78, 5) is 0.241. The van der Waals surface area contributed by atoms with Crippen molar-refractivity contribution in [2.45, 2.75) is 68.0 Å². The van der Waals surface area contributed by atoms with Crippen LogP contribution in [0, 0.1) is 5.82 Å². The molecule has 2 unspecified atom stereocenters. The fourth-order valence-electron chi connectivity index (χ4n) is 3.38. The minimum atomic E-state index is -3.61. The van der Waals surface area contributed by atoms with Crippen LogP contribution in [-0.2, 0) is 14.6 Å². The molecule has 0 saturated carbocycles. The largest absolute Gasteiger partial charge is 0.543 e. The topological polar surface area (TPSA) is 52.6 Å². The van der Waals surface area contributed by atoms with Crippen molar-refractivity contribution in [2.75, 3.05) is 6.61 Å². The highest BCUT2D eigenvalue weighted by atomic mass is 79.9. The maximum Gasteiger partial charge on any atom is 0.250 e. The van der Waals surface area contributed by atoms with Crippen molar-refractivity contribution in [3.8, 4) is 5.75 Å². The molecule has 2 aromatic carbocycles. The molecule has 1 fully saturated rings. The van der Waals surface area contributed by atoms with Crippen molar-refractivity contribution in [3.63, 3.8) is 0 Å². The lowest BCUT2D eigenvalue weighted by Gasteiger charge is -2.36. The van der Waals surface area contributed by atoms with Gasteiger partial charge >= 0.3 is 0 Å². The van der Waals surface area contributed by atoms with Crippen LogP contribution in [0.5, 0.6) is 5.75 Å². The number of halogens is 2. The molecule has 0 amide bonds. The number of hydrogen-bond donors (Lipinski definition) is 0. The van der Waals surface area contributed by atoms with Gasteiger partial charge in [0.25, 0.3) is 0 Å². The number of rotatable bonds is 5. The molecule has 170 valence electrons. The molecule has 31 heavy (non-hydrogen) atoms. The predicted octanol–water partition coefficient (Wildman–Crippen LogP) is 6.67. The Morgan fingerprint density at radius 1 is 1.16 bits per heavy atom. The minimum Gasteiger partial charge on any atom is -0.543 e. The molecular formula is C23H30BrFO4SSi. The van der Waals surface area contributed by atoms with Crippen molar-refractivity contribution in [3.05, 3.63) is 58.3 Å². The van der Waals surface area contributed by atoms with E-state index in [0.29, 0.717) is 22.2 Å². The van der Waals surface area contributed by atoms with Crippen LogP contribution >= 0.6 is 15.9 Å². The highest BCUT2D eigenvalue weighted by Gasteiger charge is 2.39. The van der Waals surface area contributed by atoms with Crippen molar-refractivity contribution in [1.82, 2.24) is 0 Å². The van der Waals surface area contributed by atoms with Gasteiger partial charge in [0.05, 0.1) is 16.2 Å². The van der Waals surface area contributed by atoms with Crippen molar-refractivity contribution < 1.29 is 22.0 Å². The summed E-state index contributed by atoms with van der Waals surface area (Å²) in [5.41, 5.74) is 0.387. The third-order valence-corrected chi connectivity index (χ3v) is 13.4. The molecule has 0 radical (unpaired) electrons. The second kappa shape index (κ2) is 8.96. The summed E-state index contributed by atoms with van der Waals surface area (Å²) in [6, 6.07) is 11.5. The Kier molecular flexibility index (Phi) is 7.06. The molecule has 8 heteroatoms. The van der Waals surface area contributed by atoms with Crippen LogP contribution in [0.1, 0.15) is 45.3 Å². The van der Waals surface area contributed by atoms with E-state index in [-0.39, 0.29) is 23.0 Å². The van der Waals surface area contributed by atoms with E-state index in [0.717, 1.165) is 0 Å². The summed E-state index contributed by atoms with van der Waals surface area (Å²) in [6.07, 6.45) is 0.00619. The van der Waals surface area contributed by atoms with Crippen LogP contribution in [0.3, 0.4) is 0 Å². The van der Waals surface area contributed by atoms with Crippen molar-refractivity contribution in [2.24, 2.45) is 0 Å². The molecule has 0 N–H and O–H groups in total. The Hall–Kier alpha value is -1.22. The van der Waals surface area contributed by atoms with Gasteiger partial charge in [0.1, 0.15) is 11.6 Å². The third kappa shape index (κ3) is 5.41. The Balaban J connectivity index is 1.84. The molecule has 1 saturated heterocycles. The molecule has 1 aliphatic rings. The first-order valence-corrected chi connectivity index (χ1v) is 15.7. The van der Waals surface area contributed by atoms with Crippen LogP contribution in [0.15, 0.2) is 51.8 Å². The molecule has 2 aromatic rings. The highest BCUT2D eigenvalue weighted by Crippen LogP contribution is 2.39. The van der Waals surface area contributed by atoms with Gasteiger partial charge in [0, 0.05) is 16.6 Å². The molecule has 1 aliphatic heterocycles.